The first kappa shape index (κ1) is 19.8. The van der Waals surface area contributed by atoms with Crippen molar-refractivity contribution in [3.8, 4) is 11.5 Å². The van der Waals surface area contributed by atoms with Crippen molar-refractivity contribution < 1.29 is 9.47 Å². The third-order valence-electron chi connectivity index (χ3n) is 4.36. The van der Waals surface area contributed by atoms with Crippen molar-refractivity contribution in [1.82, 2.24) is 0 Å². The van der Waals surface area contributed by atoms with Gasteiger partial charge < -0.3 is 14.8 Å². The van der Waals surface area contributed by atoms with Crippen LogP contribution in [0.25, 0.3) is 0 Å². The van der Waals surface area contributed by atoms with Gasteiger partial charge in [-0.25, -0.2) is 0 Å². The van der Waals surface area contributed by atoms with E-state index in [1.165, 1.54) is 11.1 Å². The summed E-state index contributed by atoms with van der Waals surface area (Å²) in [6, 6.07) is 26.8. The highest BCUT2D eigenvalue weighted by molar-refractivity contribution is 5.47. The highest BCUT2D eigenvalue weighted by atomic mass is 16.5. The summed E-state index contributed by atoms with van der Waals surface area (Å²) in [7, 11) is 0. The first-order valence-electron chi connectivity index (χ1n) is 9.91. The number of hydrogen-bond donors (Lipinski definition) is 1. The van der Waals surface area contributed by atoms with Gasteiger partial charge in [0.1, 0.15) is 11.5 Å². The molecule has 0 amide bonds. The molecule has 3 aromatic rings. The lowest BCUT2D eigenvalue weighted by Gasteiger charge is -2.11. The molecule has 3 rings (SSSR count). The largest absolute Gasteiger partial charge is 0.493 e. The van der Waals surface area contributed by atoms with E-state index in [1.54, 1.807) is 0 Å². The summed E-state index contributed by atoms with van der Waals surface area (Å²) in [4.78, 5) is 0. The maximum Gasteiger partial charge on any atom is 0.119 e. The van der Waals surface area contributed by atoms with Crippen molar-refractivity contribution in [3.05, 3.63) is 90.0 Å². The van der Waals surface area contributed by atoms with E-state index in [2.05, 4.69) is 67.7 Å². The van der Waals surface area contributed by atoms with Crippen LogP contribution in [0.2, 0.25) is 0 Å². The quantitative estimate of drug-likeness (QED) is 0.474. The molecular weight excluding hydrogens is 346 g/mol. The van der Waals surface area contributed by atoms with Gasteiger partial charge in [-0.05, 0) is 53.4 Å². The lowest BCUT2D eigenvalue weighted by molar-refractivity contribution is 0.271. The van der Waals surface area contributed by atoms with Crippen molar-refractivity contribution >= 4 is 5.69 Å². The molecule has 146 valence electrons. The lowest BCUT2D eigenvalue weighted by atomic mass is 10.2. The Labute approximate surface area is 168 Å². The third kappa shape index (κ3) is 6.66. The molecule has 28 heavy (non-hydrogen) atoms. The van der Waals surface area contributed by atoms with Crippen LogP contribution in [0.15, 0.2) is 78.9 Å². The minimum absolute atomic E-state index is 0.531. The molecule has 0 radical (unpaired) electrons. The van der Waals surface area contributed by atoms with Gasteiger partial charge in [0.05, 0.1) is 13.2 Å². The molecule has 0 spiro atoms. The molecule has 0 saturated heterocycles. The zero-order valence-electron chi connectivity index (χ0n) is 16.7. The van der Waals surface area contributed by atoms with Crippen LogP contribution in [0.4, 0.5) is 5.69 Å². The molecular formula is C25H29NO2. The molecule has 1 N–H and O–H groups in total. The van der Waals surface area contributed by atoms with Gasteiger partial charge in [0.2, 0.25) is 0 Å². The van der Waals surface area contributed by atoms with Gasteiger partial charge in [-0.15, -0.1) is 0 Å². The van der Waals surface area contributed by atoms with Gasteiger partial charge in [-0.1, -0.05) is 56.3 Å². The lowest BCUT2D eigenvalue weighted by Crippen LogP contribution is -2.04. The monoisotopic (exact) mass is 375 g/mol. The number of anilines is 1. The van der Waals surface area contributed by atoms with E-state index in [1.807, 2.05) is 30.3 Å². The van der Waals surface area contributed by atoms with Crippen LogP contribution in [0, 0.1) is 5.92 Å². The van der Waals surface area contributed by atoms with E-state index in [0.717, 1.165) is 36.8 Å². The summed E-state index contributed by atoms with van der Waals surface area (Å²) in [5.74, 6) is 2.35. The topological polar surface area (TPSA) is 30.5 Å². The van der Waals surface area contributed by atoms with Crippen molar-refractivity contribution in [1.29, 1.82) is 0 Å². The van der Waals surface area contributed by atoms with Crippen LogP contribution in [0.3, 0.4) is 0 Å². The second kappa shape index (κ2) is 10.4. The third-order valence-corrected chi connectivity index (χ3v) is 4.36. The van der Waals surface area contributed by atoms with Gasteiger partial charge in [0, 0.05) is 18.7 Å². The first-order chi connectivity index (χ1) is 13.7. The molecule has 3 heteroatoms. The number of nitrogens with one attached hydrogen (secondary N) is 1. The van der Waals surface area contributed by atoms with Crippen LogP contribution >= 0.6 is 0 Å². The Morgan fingerprint density at radius 2 is 1.36 bits per heavy atom. The minimum Gasteiger partial charge on any atom is -0.493 e. The predicted molar refractivity (Wildman–Crippen MR) is 116 cm³/mol. The highest BCUT2D eigenvalue weighted by Gasteiger charge is 2.00. The maximum absolute atomic E-state index is 5.85. The molecule has 3 aromatic carbocycles. The number of hydrogen-bond acceptors (Lipinski definition) is 3. The number of benzene rings is 3. The van der Waals surface area contributed by atoms with Gasteiger partial charge in [-0.2, -0.15) is 0 Å². The molecule has 0 atom stereocenters. The van der Waals surface area contributed by atoms with E-state index in [0.29, 0.717) is 12.5 Å². The van der Waals surface area contributed by atoms with Crippen LogP contribution in [0.1, 0.15) is 25.0 Å². The van der Waals surface area contributed by atoms with E-state index in [9.17, 15) is 0 Å². The normalized spacial score (nSPS) is 10.7. The molecule has 0 aromatic heterocycles. The van der Waals surface area contributed by atoms with Crippen molar-refractivity contribution in [2.24, 2.45) is 5.92 Å². The van der Waals surface area contributed by atoms with E-state index < -0.39 is 0 Å². The predicted octanol–water partition coefficient (Wildman–Crippen LogP) is 5.96. The van der Waals surface area contributed by atoms with E-state index >= 15 is 0 Å². The summed E-state index contributed by atoms with van der Waals surface area (Å²) < 4.78 is 11.6. The van der Waals surface area contributed by atoms with Crippen LogP contribution < -0.4 is 14.8 Å². The zero-order chi connectivity index (χ0) is 19.6. The van der Waals surface area contributed by atoms with Gasteiger partial charge in [0.15, 0.2) is 0 Å². The summed E-state index contributed by atoms with van der Waals surface area (Å²) in [6.45, 7) is 6.50. The van der Waals surface area contributed by atoms with E-state index in [-0.39, 0.29) is 0 Å². The summed E-state index contributed by atoms with van der Waals surface area (Å²) in [6.07, 6.45) is 0.918. The van der Waals surface area contributed by atoms with Crippen molar-refractivity contribution in [2.75, 3.05) is 18.5 Å². The van der Waals surface area contributed by atoms with Crippen molar-refractivity contribution in [2.45, 2.75) is 26.8 Å². The Balaban J connectivity index is 1.41. The Morgan fingerprint density at radius 1 is 0.714 bits per heavy atom. The molecule has 0 aliphatic carbocycles. The Kier molecular flexibility index (Phi) is 7.36. The SMILES string of the molecule is CC(C)COc1ccc(NCc2ccc(OCCc3ccccc3)cc2)cc1. The number of rotatable bonds is 10. The average molecular weight is 376 g/mol. The molecule has 0 fully saturated rings. The van der Waals surface area contributed by atoms with Gasteiger partial charge >= 0.3 is 0 Å². The zero-order valence-corrected chi connectivity index (χ0v) is 16.7. The highest BCUT2D eigenvalue weighted by Crippen LogP contribution is 2.18. The Bertz CT molecular complexity index is 811. The fraction of sp³-hybridized carbons (Fsp3) is 0.280. The Morgan fingerprint density at radius 3 is 2.04 bits per heavy atom. The smallest absolute Gasteiger partial charge is 0.119 e. The average Bonchev–Trinajstić information content (AvgIpc) is 2.73. The molecule has 0 aliphatic heterocycles. The fourth-order valence-corrected chi connectivity index (χ4v) is 2.77. The molecule has 0 saturated carbocycles. The summed E-state index contributed by atoms with van der Waals surface area (Å²) >= 11 is 0. The van der Waals surface area contributed by atoms with Gasteiger partial charge in [0.25, 0.3) is 0 Å². The molecule has 0 aliphatic rings. The van der Waals surface area contributed by atoms with Crippen LogP contribution in [-0.2, 0) is 13.0 Å². The fourth-order valence-electron chi connectivity index (χ4n) is 2.77. The van der Waals surface area contributed by atoms with E-state index in [4.69, 9.17) is 9.47 Å². The summed E-state index contributed by atoms with van der Waals surface area (Å²) in [5.41, 5.74) is 3.60. The molecule has 0 heterocycles. The Hall–Kier alpha value is -2.94. The minimum atomic E-state index is 0.531. The standard InChI is InChI=1S/C25H29NO2/c1-20(2)19-28-25-14-10-23(11-15-25)26-18-22-8-12-24(13-9-22)27-17-16-21-6-4-3-5-7-21/h3-15,20,26H,16-19H2,1-2H3. The second-order valence-corrected chi connectivity index (χ2v) is 7.31. The first-order valence-corrected chi connectivity index (χ1v) is 9.91. The second-order valence-electron chi connectivity index (χ2n) is 7.31. The van der Waals surface area contributed by atoms with Crippen molar-refractivity contribution in [3.63, 3.8) is 0 Å². The maximum atomic E-state index is 5.85. The van der Waals surface area contributed by atoms with Crippen LogP contribution in [-0.4, -0.2) is 13.2 Å². The molecule has 0 unspecified atom stereocenters. The molecule has 3 nitrogen and oxygen atoms in total. The van der Waals surface area contributed by atoms with Gasteiger partial charge in [-0.3, -0.25) is 0 Å². The van der Waals surface area contributed by atoms with Crippen LogP contribution in [0.5, 0.6) is 11.5 Å². The molecule has 0 bridgehead atoms. The summed E-state index contributed by atoms with van der Waals surface area (Å²) in [5, 5.41) is 3.44. The number of ether oxygens (including phenoxy) is 2.